The summed E-state index contributed by atoms with van der Waals surface area (Å²) >= 11 is 1.38. The quantitative estimate of drug-likeness (QED) is 0.681. The lowest BCUT2D eigenvalue weighted by molar-refractivity contribution is -0.146. The Morgan fingerprint density at radius 3 is 2.72 bits per heavy atom. The second-order valence-electron chi connectivity index (χ2n) is 4.30. The van der Waals surface area contributed by atoms with Gasteiger partial charge in [0.05, 0.1) is 17.1 Å². The van der Waals surface area contributed by atoms with Crippen LogP contribution >= 0.6 is 11.8 Å². The van der Waals surface area contributed by atoms with Gasteiger partial charge < -0.3 is 9.72 Å². The highest BCUT2D eigenvalue weighted by atomic mass is 32.2. The molecule has 1 aromatic carbocycles. The number of rotatable bonds is 4. The first-order valence-corrected chi connectivity index (χ1v) is 6.76. The van der Waals surface area contributed by atoms with Crippen molar-refractivity contribution in [2.24, 2.45) is 0 Å². The normalized spacial score (nSPS) is 12.9. The van der Waals surface area contributed by atoms with Crippen LogP contribution in [0.25, 0.3) is 11.0 Å². The highest BCUT2D eigenvalue weighted by Crippen LogP contribution is 2.24. The second kappa shape index (κ2) is 5.44. The largest absolute Gasteiger partial charge is 0.462 e. The van der Waals surface area contributed by atoms with Gasteiger partial charge in [0.15, 0.2) is 5.16 Å². The minimum Gasteiger partial charge on any atom is -0.462 e. The van der Waals surface area contributed by atoms with Crippen molar-refractivity contribution in [3.05, 3.63) is 24.3 Å². The fourth-order valence-corrected chi connectivity index (χ4v) is 2.34. The maximum atomic E-state index is 11.7. The smallest absolute Gasteiger partial charge is 0.319 e. The molecule has 1 N–H and O–H groups in total. The summed E-state index contributed by atoms with van der Waals surface area (Å²) in [5, 5.41) is 0.470. The Morgan fingerprint density at radius 2 is 2.06 bits per heavy atom. The van der Waals surface area contributed by atoms with Crippen LogP contribution in [0.4, 0.5) is 0 Å². The molecule has 0 amide bonds. The topological polar surface area (TPSA) is 55.0 Å². The van der Waals surface area contributed by atoms with Crippen molar-refractivity contribution in [1.82, 2.24) is 9.97 Å². The molecular weight excluding hydrogens is 248 g/mol. The molecule has 18 heavy (non-hydrogen) atoms. The lowest BCUT2D eigenvalue weighted by atomic mass is 10.3. The molecule has 0 spiro atoms. The van der Waals surface area contributed by atoms with Gasteiger partial charge in [-0.15, -0.1) is 0 Å². The van der Waals surface area contributed by atoms with E-state index in [0.29, 0.717) is 0 Å². The molecule has 0 saturated heterocycles. The molecule has 0 unspecified atom stereocenters. The number of aromatic amines is 1. The number of H-pyrrole nitrogens is 1. The minimum absolute atomic E-state index is 0.0868. The van der Waals surface area contributed by atoms with E-state index < -0.39 is 0 Å². The molecule has 1 heterocycles. The Kier molecular flexibility index (Phi) is 3.91. The molecule has 0 aliphatic rings. The summed E-state index contributed by atoms with van der Waals surface area (Å²) in [7, 11) is 0. The third-order valence-corrected chi connectivity index (χ3v) is 3.30. The standard InChI is InChI=1S/C13H16N2O2S/c1-8(2)17-12(16)9(3)18-13-14-10-6-4-5-7-11(10)15-13/h4-9H,1-3H3,(H,14,15)/t9-/m1/s1. The van der Waals surface area contributed by atoms with Crippen molar-refractivity contribution in [2.75, 3.05) is 0 Å². The van der Waals surface area contributed by atoms with Gasteiger partial charge in [0.2, 0.25) is 0 Å². The van der Waals surface area contributed by atoms with Crippen molar-refractivity contribution >= 4 is 28.8 Å². The van der Waals surface area contributed by atoms with Gasteiger partial charge in [-0.25, -0.2) is 4.98 Å². The second-order valence-corrected chi connectivity index (χ2v) is 5.63. The number of nitrogens with one attached hydrogen (secondary N) is 1. The number of esters is 1. The van der Waals surface area contributed by atoms with Crippen LogP contribution in [0.2, 0.25) is 0 Å². The average Bonchev–Trinajstić information content (AvgIpc) is 2.69. The zero-order valence-corrected chi connectivity index (χ0v) is 11.5. The first-order chi connectivity index (χ1) is 8.56. The fraction of sp³-hybridized carbons (Fsp3) is 0.385. The Labute approximate surface area is 110 Å². The Morgan fingerprint density at radius 1 is 1.33 bits per heavy atom. The zero-order chi connectivity index (χ0) is 13.1. The number of hydrogen-bond donors (Lipinski definition) is 1. The van der Waals surface area contributed by atoms with E-state index in [-0.39, 0.29) is 17.3 Å². The highest BCUT2D eigenvalue weighted by Gasteiger charge is 2.18. The van der Waals surface area contributed by atoms with Crippen molar-refractivity contribution in [3.8, 4) is 0 Å². The lowest BCUT2D eigenvalue weighted by Gasteiger charge is -2.11. The fourth-order valence-electron chi connectivity index (χ4n) is 1.53. The number of ether oxygens (including phenoxy) is 1. The van der Waals surface area contributed by atoms with Gasteiger partial charge in [-0.2, -0.15) is 0 Å². The molecule has 0 saturated carbocycles. The van der Waals surface area contributed by atoms with Gasteiger partial charge in [0.1, 0.15) is 5.25 Å². The van der Waals surface area contributed by atoms with Crippen LogP contribution in [0.3, 0.4) is 0 Å². The summed E-state index contributed by atoms with van der Waals surface area (Å²) < 4.78 is 5.16. The van der Waals surface area contributed by atoms with Crippen LogP contribution in [0.5, 0.6) is 0 Å². The van der Waals surface area contributed by atoms with E-state index in [1.807, 2.05) is 45.0 Å². The molecule has 0 bridgehead atoms. The number of fused-ring (bicyclic) bond motifs is 1. The lowest BCUT2D eigenvalue weighted by Crippen LogP contribution is -2.20. The van der Waals surface area contributed by atoms with Crippen LogP contribution in [0, 0.1) is 0 Å². The van der Waals surface area contributed by atoms with Gasteiger partial charge in [-0.3, -0.25) is 4.79 Å². The van der Waals surface area contributed by atoms with Crippen molar-refractivity contribution in [2.45, 2.75) is 37.3 Å². The van der Waals surface area contributed by atoms with E-state index in [4.69, 9.17) is 4.74 Å². The number of nitrogens with zero attached hydrogens (tertiary/aromatic N) is 1. The number of para-hydroxylation sites is 2. The van der Waals surface area contributed by atoms with Crippen LogP contribution in [-0.4, -0.2) is 27.3 Å². The number of hydrogen-bond acceptors (Lipinski definition) is 4. The summed E-state index contributed by atoms with van der Waals surface area (Å²) in [4.78, 5) is 19.3. The molecule has 2 rings (SSSR count). The molecule has 96 valence electrons. The minimum atomic E-state index is -0.270. The van der Waals surface area contributed by atoms with Crippen LogP contribution in [-0.2, 0) is 9.53 Å². The zero-order valence-electron chi connectivity index (χ0n) is 10.6. The van der Waals surface area contributed by atoms with Crippen molar-refractivity contribution < 1.29 is 9.53 Å². The summed E-state index contributed by atoms with van der Waals surface area (Å²) in [6.07, 6.45) is -0.0868. The van der Waals surface area contributed by atoms with E-state index in [0.717, 1.165) is 16.2 Å². The van der Waals surface area contributed by atoms with E-state index in [1.165, 1.54) is 11.8 Å². The van der Waals surface area contributed by atoms with Crippen LogP contribution < -0.4 is 0 Å². The Hall–Kier alpha value is -1.49. The predicted molar refractivity (Wildman–Crippen MR) is 72.6 cm³/mol. The van der Waals surface area contributed by atoms with E-state index in [1.54, 1.807) is 0 Å². The molecule has 2 aromatic rings. The Bertz CT molecular complexity index is 518. The SMILES string of the molecule is CC(C)OC(=O)[C@@H](C)Sc1nc2ccccc2[nH]1. The van der Waals surface area contributed by atoms with Gasteiger partial charge in [-0.1, -0.05) is 23.9 Å². The summed E-state index contributed by atoms with van der Waals surface area (Å²) in [6.45, 7) is 5.51. The van der Waals surface area contributed by atoms with E-state index in [2.05, 4.69) is 9.97 Å². The molecule has 4 nitrogen and oxygen atoms in total. The van der Waals surface area contributed by atoms with Gasteiger partial charge in [0, 0.05) is 0 Å². The molecule has 0 fully saturated rings. The maximum absolute atomic E-state index is 11.7. The number of carbonyl (C=O) groups is 1. The molecule has 0 aliphatic carbocycles. The summed E-state index contributed by atoms with van der Waals surface area (Å²) in [5.74, 6) is -0.213. The molecule has 5 heteroatoms. The first kappa shape index (κ1) is 13.0. The molecular formula is C13H16N2O2S. The van der Waals surface area contributed by atoms with E-state index in [9.17, 15) is 4.79 Å². The van der Waals surface area contributed by atoms with Gasteiger partial charge in [-0.05, 0) is 32.9 Å². The third kappa shape index (κ3) is 3.04. The van der Waals surface area contributed by atoms with Crippen LogP contribution in [0.15, 0.2) is 29.4 Å². The summed E-state index contributed by atoms with van der Waals surface area (Å²) in [6, 6.07) is 7.79. The van der Waals surface area contributed by atoms with Crippen LogP contribution in [0.1, 0.15) is 20.8 Å². The number of imidazole rings is 1. The maximum Gasteiger partial charge on any atom is 0.319 e. The molecule has 0 aliphatic heterocycles. The first-order valence-electron chi connectivity index (χ1n) is 5.88. The monoisotopic (exact) mass is 264 g/mol. The number of thioether (sulfide) groups is 1. The number of benzene rings is 1. The average molecular weight is 264 g/mol. The van der Waals surface area contributed by atoms with Crippen molar-refractivity contribution in [1.29, 1.82) is 0 Å². The predicted octanol–water partition coefficient (Wildman–Crippen LogP) is 3.00. The molecule has 0 radical (unpaired) electrons. The molecule has 1 atom stereocenters. The van der Waals surface area contributed by atoms with Gasteiger partial charge in [0.25, 0.3) is 0 Å². The Balaban J connectivity index is 2.06. The molecule has 1 aromatic heterocycles. The van der Waals surface area contributed by atoms with Gasteiger partial charge >= 0.3 is 5.97 Å². The van der Waals surface area contributed by atoms with Crippen molar-refractivity contribution in [3.63, 3.8) is 0 Å². The van der Waals surface area contributed by atoms with E-state index >= 15 is 0 Å². The number of aromatic nitrogens is 2. The highest BCUT2D eigenvalue weighted by molar-refractivity contribution is 8.00. The summed E-state index contributed by atoms with van der Waals surface area (Å²) in [5.41, 5.74) is 1.88. The third-order valence-electron chi connectivity index (χ3n) is 2.34. The number of carbonyl (C=O) groups excluding carboxylic acids is 1.